The molecule has 14 heavy (non-hydrogen) atoms. The van der Waals surface area contributed by atoms with Gasteiger partial charge in [0.2, 0.25) is 0 Å². The summed E-state index contributed by atoms with van der Waals surface area (Å²) in [6, 6.07) is 0. The summed E-state index contributed by atoms with van der Waals surface area (Å²) in [7, 11) is 1.64. The number of esters is 1. The Hall–Kier alpha value is -0.610. The molecule has 0 aromatic rings. The lowest BCUT2D eigenvalue weighted by molar-refractivity contribution is -0.154. The third-order valence-electron chi connectivity index (χ3n) is 2.53. The van der Waals surface area contributed by atoms with Crippen LogP contribution < -0.4 is 0 Å². The van der Waals surface area contributed by atoms with Gasteiger partial charge in [-0.15, -0.1) is 0 Å². The molecule has 4 heteroatoms. The first kappa shape index (κ1) is 11.5. The van der Waals surface area contributed by atoms with E-state index in [-0.39, 0.29) is 24.1 Å². The minimum absolute atomic E-state index is 0.0226. The fourth-order valence-corrected chi connectivity index (χ4v) is 1.72. The molecule has 1 aliphatic rings. The van der Waals surface area contributed by atoms with E-state index >= 15 is 0 Å². The highest BCUT2D eigenvalue weighted by Crippen LogP contribution is 2.23. The van der Waals surface area contributed by atoms with Crippen LogP contribution >= 0.6 is 0 Å². The summed E-state index contributed by atoms with van der Waals surface area (Å²) < 4.78 is 15.6. The summed E-state index contributed by atoms with van der Waals surface area (Å²) in [5.41, 5.74) is 0. The van der Waals surface area contributed by atoms with Gasteiger partial charge < -0.3 is 14.2 Å². The smallest absolute Gasteiger partial charge is 0.311 e. The number of ether oxygens (including phenoxy) is 3. The van der Waals surface area contributed by atoms with Crippen molar-refractivity contribution in [3.05, 3.63) is 0 Å². The molecular weight excluding hydrogens is 184 g/mol. The molecule has 0 bridgehead atoms. The Morgan fingerprint density at radius 1 is 1.64 bits per heavy atom. The van der Waals surface area contributed by atoms with Crippen LogP contribution in [0.25, 0.3) is 0 Å². The van der Waals surface area contributed by atoms with Gasteiger partial charge >= 0.3 is 5.97 Å². The van der Waals surface area contributed by atoms with Gasteiger partial charge in [-0.1, -0.05) is 0 Å². The summed E-state index contributed by atoms with van der Waals surface area (Å²) in [6.07, 6.45) is 0.721. The molecule has 4 nitrogen and oxygen atoms in total. The van der Waals surface area contributed by atoms with E-state index in [2.05, 4.69) is 0 Å². The average Bonchev–Trinajstić information content (AvgIpc) is 2.64. The second-order valence-electron chi connectivity index (χ2n) is 3.44. The number of carbonyl (C=O) groups excluding carboxylic acids is 1. The van der Waals surface area contributed by atoms with Crippen LogP contribution in [0.4, 0.5) is 0 Å². The average molecular weight is 202 g/mol. The quantitative estimate of drug-likeness (QED) is 0.638. The number of hydrogen-bond donors (Lipinski definition) is 0. The van der Waals surface area contributed by atoms with Crippen molar-refractivity contribution in [2.24, 2.45) is 5.92 Å². The molecule has 0 N–H and O–H groups in total. The number of carbonyl (C=O) groups is 1. The van der Waals surface area contributed by atoms with Gasteiger partial charge in [-0.05, 0) is 20.3 Å². The van der Waals surface area contributed by atoms with Crippen molar-refractivity contribution < 1.29 is 19.0 Å². The lowest BCUT2D eigenvalue weighted by Gasteiger charge is -2.22. The largest absolute Gasteiger partial charge is 0.466 e. The highest BCUT2D eigenvalue weighted by Gasteiger charge is 2.36. The predicted octanol–water partition coefficient (Wildman–Crippen LogP) is 0.990. The predicted molar refractivity (Wildman–Crippen MR) is 51.0 cm³/mol. The van der Waals surface area contributed by atoms with E-state index in [4.69, 9.17) is 14.2 Å². The zero-order valence-corrected chi connectivity index (χ0v) is 8.99. The van der Waals surface area contributed by atoms with Gasteiger partial charge in [0.15, 0.2) is 0 Å². The Kier molecular flexibility index (Phi) is 4.35. The van der Waals surface area contributed by atoms with Crippen LogP contribution in [0.5, 0.6) is 0 Å². The fraction of sp³-hybridized carbons (Fsp3) is 0.900. The Balaban J connectivity index is 2.50. The first-order chi connectivity index (χ1) is 6.70. The molecule has 0 aromatic heterocycles. The molecule has 0 radical (unpaired) electrons. The molecule has 1 rings (SSSR count). The first-order valence-corrected chi connectivity index (χ1v) is 5.01. The third-order valence-corrected chi connectivity index (χ3v) is 2.53. The molecule has 1 heterocycles. The van der Waals surface area contributed by atoms with E-state index in [1.165, 1.54) is 0 Å². The molecule has 1 fully saturated rings. The molecule has 82 valence electrons. The highest BCUT2D eigenvalue weighted by molar-refractivity contribution is 5.72. The van der Waals surface area contributed by atoms with E-state index in [1.54, 1.807) is 14.0 Å². The van der Waals surface area contributed by atoms with E-state index in [0.717, 1.165) is 6.42 Å². The molecular formula is C10H18O4. The first-order valence-electron chi connectivity index (χ1n) is 5.01. The Bertz CT molecular complexity index is 193. The van der Waals surface area contributed by atoms with Gasteiger partial charge in [-0.3, -0.25) is 4.79 Å². The zero-order chi connectivity index (χ0) is 10.6. The molecule has 0 amide bonds. The van der Waals surface area contributed by atoms with E-state index in [0.29, 0.717) is 13.2 Å². The zero-order valence-electron chi connectivity index (χ0n) is 8.99. The Labute approximate surface area is 84.5 Å². The maximum Gasteiger partial charge on any atom is 0.311 e. The van der Waals surface area contributed by atoms with E-state index in [9.17, 15) is 4.79 Å². The van der Waals surface area contributed by atoms with Gasteiger partial charge in [-0.2, -0.15) is 0 Å². The SMILES string of the molecule is CCOC(=O)[C@H](C)[C@H]1OCC[C@@H]1OC. The van der Waals surface area contributed by atoms with Crippen LogP contribution in [0.3, 0.4) is 0 Å². The topological polar surface area (TPSA) is 44.8 Å². The summed E-state index contributed by atoms with van der Waals surface area (Å²) >= 11 is 0. The van der Waals surface area contributed by atoms with Crippen LogP contribution in [0, 0.1) is 5.92 Å². The van der Waals surface area contributed by atoms with Gasteiger partial charge in [-0.25, -0.2) is 0 Å². The van der Waals surface area contributed by atoms with Crippen molar-refractivity contribution in [1.82, 2.24) is 0 Å². The minimum atomic E-state index is -0.248. The Morgan fingerprint density at radius 3 is 2.93 bits per heavy atom. The molecule has 0 saturated carbocycles. The fourth-order valence-electron chi connectivity index (χ4n) is 1.72. The summed E-state index contributed by atoms with van der Waals surface area (Å²) in [5.74, 6) is -0.455. The van der Waals surface area contributed by atoms with Crippen LogP contribution in [0.15, 0.2) is 0 Å². The molecule has 3 atom stereocenters. The van der Waals surface area contributed by atoms with Gasteiger partial charge in [0.25, 0.3) is 0 Å². The van der Waals surface area contributed by atoms with Crippen molar-refractivity contribution >= 4 is 5.97 Å². The van der Waals surface area contributed by atoms with Crippen molar-refractivity contribution in [2.75, 3.05) is 20.3 Å². The number of rotatable bonds is 4. The minimum Gasteiger partial charge on any atom is -0.466 e. The molecule has 0 unspecified atom stereocenters. The second kappa shape index (κ2) is 5.32. The lowest BCUT2D eigenvalue weighted by Crippen LogP contribution is -2.35. The van der Waals surface area contributed by atoms with Crippen LogP contribution in [0.1, 0.15) is 20.3 Å². The van der Waals surface area contributed by atoms with Crippen molar-refractivity contribution in [2.45, 2.75) is 32.5 Å². The van der Waals surface area contributed by atoms with Crippen molar-refractivity contribution in [3.63, 3.8) is 0 Å². The van der Waals surface area contributed by atoms with Crippen LogP contribution in [-0.2, 0) is 19.0 Å². The number of methoxy groups -OCH3 is 1. The standard InChI is InChI=1S/C10H18O4/c1-4-13-10(11)7(2)9-8(12-3)5-6-14-9/h7-9H,4-6H2,1-3H3/t7-,8+,9-/m1/s1. The summed E-state index contributed by atoms with van der Waals surface area (Å²) in [5, 5.41) is 0. The highest BCUT2D eigenvalue weighted by atomic mass is 16.6. The molecule has 0 aliphatic carbocycles. The normalized spacial score (nSPS) is 28.8. The number of hydrogen-bond acceptors (Lipinski definition) is 4. The third kappa shape index (κ3) is 2.45. The second-order valence-corrected chi connectivity index (χ2v) is 3.44. The Morgan fingerprint density at radius 2 is 2.36 bits per heavy atom. The van der Waals surface area contributed by atoms with Crippen LogP contribution in [-0.4, -0.2) is 38.5 Å². The van der Waals surface area contributed by atoms with Gasteiger partial charge in [0.05, 0.1) is 24.7 Å². The van der Waals surface area contributed by atoms with Crippen molar-refractivity contribution in [3.8, 4) is 0 Å². The van der Waals surface area contributed by atoms with Gasteiger partial charge in [0.1, 0.15) is 0 Å². The molecule has 1 aliphatic heterocycles. The van der Waals surface area contributed by atoms with Gasteiger partial charge in [0, 0.05) is 13.7 Å². The summed E-state index contributed by atoms with van der Waals surface area (Å²) in [4.78, 5) is 11.4. The molecule has 0 aromatic carbocycles. The molecule has 1 saturated heterocycles. The van der Waals surface area contributed by atoms with Crippen molar-refractivity contribution in [1.29, 1.82) is 0 Å². The lowest BCUT2D eigenvalue weighted by atomic mass is 10.00. The maximum atomic E-state index is 11.4. The maximum absolute atomic E-state index is 11.4. The van der Waals surface area contributed by atoms with Crippen LogP contribution in [0.2, 0.25) is 0 Å². The molecule has 0 spiro atoms. The van der Waals surface area contributed by atoms with E-state index in [1.807, 2.05) is 6.92 Å². The monoisotopic (exact) mass is 202 g/mol. The van der Waals surface area contributed by atoms with E-state index < -0.39 is 0 Å². The summed E-state index contributed by atoms with van der Waals surface area (Å²) in [6.45, 7) is 4.69.